The molecular weight excluding hydrogens is 408 g/mol. The fourth-order valence-electron chi connectivity index (χ4n) is 3.27. The summed E-state index contributed by atoms with van der Waals surface area (Å²) in [6.45, 7) is 0. The monoisotopic (exact) mass is 424 g/mol. The standard InChI is InChI=1S/C21H17ClN4O4/c1-30-18-9-5-2-6-12(18)17-10-16(21(28)29)24-19-13(11-23-26(17)19)20(27)25-15-8-4-3-7-14(15)22/h2-11,17,24H,1H3,(H,25,27)(H,28,29)/t17-/m1/s1. The van der Waals surface area contributed by atoms with E-state index in [2.05, 4.69) is 15.7 Å². The summed E-state index contributed by atoms with van der Waals surface area (Å²) in [5.41, 5.74) is 1.27. The van der Waals surface area contributed by atoms with Crippen LogP contribution in [0.1, 0.15) is 22.0 Å². The highest BCUT2D eigenvalue weighted by Crippen LogP contribution is 2.36. The van der Waals surface area contributed by atoms with Crippen LogP contribution in [0.5, 0.6) is 5.75 Å². The van der Waals surface area contributed by atoms with Crippen LogP contribution in [0.3, 0.4) is 0 Å². The van der Waals surface area contributed by atoms with Gasteiger partial charge in [-0.25, -0.2) is 9.48 Å². The van der Waals surface area contributed by atoms with E-state index in [1.807, 2.05) is 18.2 Å². The molecule has 2 heterocycles. The fourth-order valence-corrected chi connectivity index (χ4v) is 3.45. The zero-order chi connectivity index (χ0) is 21.3. The third-order valence-electron chi connectivity index (χ3n) is 4.69. The molecule has 9 heteroatoms. The molecule has 4 rings (SSSR count). The average Bonchev–Trinajstić information content (AvgIpc) is 3.19. The Morgan fingerprint density at radius 2 is 1.93 bits per heavy atom. The summed E-state index contributed by atoms with van der Waals surface area (Å²) in [6, 6.07) is 13.5. The van der Waals surface area contributed by atoms with Gasteiger partial charge in [0, 0.05) is 5.56 Å². The Kier molecular flexibility index (Phi) is 5.16. The molecule has 0 bridgehead atoms. The van der Waals surface area contributed by atoms with E-state index in [1.54, 1.807) is 35.0 Å². The molecule has 1 aromatic heterocycles. The normalized spacial score (nSPS) is 14.9. The molecular formula is C21H17ClN4O4. The largest absolute Gasteiger partial charge is 0.496 e. The molecule has 3 N–H and O–H groups in total. The molecule has 30 heavy (non-hydrogen) atoms. The van der Waals surface area contributed by atoms with Crippen LogP contribution in [0.4, 0.5) is 11.5 Å². The van der Waals surface area contributed by atoms with Gasteiger partial charge in [-0.3, -0.25) is 4.79 Å². The lowest BCUT2D eigenvalue weighted by molar-refractivity contribution is -0.132. The SMILES string of the molecule is COc1ccccc1[C@H]1C=C(C(=O)O)Nc2c(C(=O)Nc3ccccc3Cl)cnn21. The molecule has 0 saturated carbocycles. The van der Waals surface area contributed by atoms with E-state index >= 15 is 0 Å². The number of carboxylic acid groups (broad SMARTS) is 1. The lowest BCUT2D eigenvalue weighted by atomic mass is 10.0. The number of amides is 1. The lowest BCUT2D eigenvalue weighted by Gasteiger charge is -2.25. The van der Waals surface area contributed by atoms with Crippen molar-refractivity contribution in [1.82, 2.24) is 9.78 Å². The van der Waals surface area contributed by atoms with Crippen molar-refractivity contribution in [3.8, 4) is 5.75 Å². The number of aromatic nitrogens is 2. The summed E-state index contributed by atoms with van der Waals surface area (Å²) in [6.07, 6.45) is 2.91. The second kappa shape index (κ2) is 7.92. The van der Waals surface area contributed by atoms with E-state index in [1.165, 1.54) is 19.4 Å². The molecule has 0 unspecified atom stereocenters. The van der Waals surface area contributed by atoms with Gasteiger partial charge in [0.2, 0.25) is 0 Å². The summed E-state index contributed by atoms with van der Waals surface area (Å²) in [7, 11) is 1.54. The number of hydrogen-bond acceptors (Lipinski definition) is 5. The van der Waals surface area contributed by atoms with Crippen molar-refractivity contribution < 1.29 is 19.4 Å². The number of ether oxygens (including phenoxy) is 1. The van der Waals surface area contributed by atoms with Gasteiger partial charge in [0.05, 0.1) is 24.0 Å². The van der Waals surface area contributed by atoms with Crippen molar-refractivity contribution in [2.24, 2.45) is 0 Å². The Hall–Kier alpha value is -3.78. The molecule has 3 aromatic rings. The summed E-state index contributed by atoms with van der Waals surface area (Å²) in [4.78, 5) is 24.6. The zero-order valence-corrected chi connectivity index (χ0v) is 16.6. The van der Waals surface area contributed by atoms with Gasteiger partial charge in [0.25, 0.3) is 5.91 Å². The van der Waals surface area contributed by atoms with Gasteiger partial charge in [0.15, 0.2) is 0 Å². The molecule has 8 nitrogen and oxygen atoms in total. The van der Waals surface area contributed by atoms with Gasteiger partial charge < -0.3 is 20.5 Å². The third-order valence-corrected chi connectivity index (χ3v) is 5.02. The van der Waals surface area contributed by atoms with E-state index in [0.29, 0.717) is 22.0 Å². The number of anilines is 2. The van der Waals surface area contributed by atoms with Gasteiger partial charge in [0.1, 0.15) is 28.9 Å². The van der Waals surface area contributed by atoms with Gasteiger partial charge in [-0.15, -0.1) is 0 Å². The maximum Gasteiger partial charge on any atom is 0.352 e. The maximum atomic E-state index is 12.9. The van der Waals surface area contributed by atoms with Gasteiger partial charge in [-0.2, -0.15) is 5.10 Å². The number of carbonyl (C=O) groups is 2. The van der Waals surface area contributed by atoms with E-state index in [-0.39, 0.29) is 17.1 Å². The van der Waals surface area contributed by atoms with Gasteiger partial charge in [-0.05, 0) is 24.3 Å². The predicted octanol–water partition coefficient (Wildman–Crippen LogP) is 3.78. The number of carboxylic acids is 1. The minimum absolute atomic E-state index is 0.0642. The summed E-state index contributed by atoms with van der Waals surface area (Å²) < 4.78 is 6.97. The third kappa shape index (κ3) is 3.48. The maximum absolute atomic E-state index is 12.9. The number of fused-ring (bicyclic) bond motifs is 1. The number of rotatable bonds is 5. The Morgan fingerprint density at radius 3 is 2.67 bits per heavy atom. The van der Waals surface area contributed by atoms with Gasteiger partial charge >= 0.3 is 5.97 Å². The quantitative estimate of drug-likeness (QED) is 0.575. The number of benzene rings is 2. The lowest BCUT2D eigenvalue weighted by Crippen LogP contribution is -2.26. The van der Waals surface area contributed by atoms with Crippen molar-refractivity contribution in [3.05, 3.63) is 82.7 Å². The van der Waals surface area contributed by atoms with Crippen LogP contribution in [-0.4, -0.2) is 33.9 Å². The molecule has 0 fully saturated rings. The van der Waals surface area contributed by atoms with E-state index in [0.717, 1.165) is 0 Å². The van der Waals surface area contributed by atoms with Crippen molar-refractivity contribution >= 4 is 35.0 Å². The summed E-state index contributed by atoms with van der Waals surface area (Å²) in [5.74, 6) is -0.786. The van der Waals surface area contributed by atoms with Gasteiger partial charge in [-0.1, -0.05) is 41.9 Å². The molecule has 0 radical (unpaired) electrons. The van der Waals surface area contributed by atoms with Crippen LogP contribution in [-0.2, 0) is 4.79 Å². The number of para-hydroxylation sites is 2. The van der Waals surface area contributed by atoms with Crippen molar-refractivity contribution in [3.63, 3.8) is 0 Å². The minimum Gasteiger partial charge on any atom is -0.496 e. The summed E-state index contributed by atoms with van der Waals surface area (Å²) in [5, 5.41) is 19.8. The number of nitrogens with zero attached hydrogens (tertiary/aromatic N) is 2. The molecule has 0 saturated heterocycles. The average molecular weight is 425 g/mol. The van der Waals surface area contributed by atoms with Crippen LogP contribution in [0.15, 0.2) is 66.5 Å². The second-order valence-electron chi connectivity index (χ2n) is 6.48. The Bertz CT molecular complexity index is 1170. The van der Waals surface area contributed by atoms with E-state index in [4.69, 9.17) is 16.3 Å². The Labute approximate surface area is 176 Å². The molecule has 152 valence electrons. The number of carbonyl (C=O) groups excluding carboxylic acids is 1. The van der Waals surface area contributed by atoms with Crippen molar-refractivity contribution in [2.75, 3.05) is 17.7 Å². The Balaban J connectivity index is 1.76. The first-order valence-electron chi connectivity index (χ1n) is 8.98. The first kappa shape index (κ1) is 19.5. The highest BCUT2D eigenvalue weighted by atomic mass is 35.5. The predicted molar refractivity (Wildman–Crippen MR) is 112 cm³/mol. The zero-order valence-electron chi connectivity index (χ0n) is 15.8. The number of halogens is 1. The van der Waals surface area contributed by atoms with Crippen LogP contribution >= 0.6 is 11.6 Å². The molecule has 1 amide bonds. The first-order valence-corrected chi connectivity index (χ1v) is 9.36. The molecule has 1 atom stereocenters. The topological polar surface area (TPSA) is 105 Å². The second-order valence-corrected chi connectivity index (χ2v) is 6.89. The number of methoxy groups -OCH3 is 1. The highest BCUT2D eigenvalue weighted by molar-refractivity contribution is 6.34. The van der Waals surface area contributed by atoms with Crippen LogP contribution in [0.25, 0.3) is 0 Å². The van der Waals surface area contributed by atoms with Crippen molar-refractivity contribution in [1.29, 1.82) is 0 Å². The van der Waals surface area contributed by atoms with Crippen LogP contribution < -0.4 is 15.4 Å². The van der Waals surface area contributed by atoms with E-state index < -0.39 is 17.9 Å². The van der Waals surface area contributed by atoms with Crippen LogP contribution in [0, 0.1) is 0 Å². The van der Waals surface area contributed by atoms with Crippen molar-refractivity contribution in [2.45, 2.75) is 6.04 Å². The molecule has 0 aliphatic carbocycles. The van der Waals surface area contributed by atoms with E-state index in [9.17, 15) is 14.7 Å². The number of nitrogens with one attached hydrogen (secondary N) is 2. The number of aliphatic carboxylic acids is 1. The molecule has 1 aliphatic rings. The fraction of sp³-hybridized carbons (Fsp3) is 0.0952. The number of allylic oxidation sites excluding steroid dienone is 1. The number of hydrogen-bond donors (Lipinski definition) is 3. The highest BCUT2D eigenvalue weighted by Gasteiger charge is 2.30. The smallest absolute Gasteiger partial charge is 0.352 e. The first-order chi connectivity index (χ1) is 14.5. The Morgan fingerprint density at radius 1 is 1.20 bits per heavy atom. The molecule has 2 aromatic carbocycles. The summed E-state index contributed by atoms with van der Waals surface area (Å²) >= 11 is 6.12. The molecule has 1 aliphatic heterocycles. The molecule has 0 spiro atoms. The minimum atomic E-state index is -1.15. The van der Waals surface area contributed by atoms with Crippen LogP contribution in [0.2, 0.25) is 5.02 Å².